The lowest BCUT2D eigenvalue weighted by atomic mass is 9.74. The Kier molecular flexibility index (Phi) is 4.63. The van der Waals surface area contributed by atoms with E-state index in [1.165, 1.54) is 12.1 Å². The second-order valence-corrected chi connectivity index (χ2v) is 5.99. The molecule has 0 radical (unpaired) electrons. The molecule has 3 unspecified atom stereocenters. The predicted molar refractivity (Wildman–Crippen MR) is 73.8 cm³/mol. The van der Waals surface area contributed by atoms with Gasteiger partial charge in [0.05, 0.1) is 11.2 Å². The van der Waals surface area contributed by atoms with Crippen LogP contribution in [0.5, 0.6) is 0 Å². The molecule has 5 heteroatoms. The van der Waals surface area contributed by atoms with Gasteiger partial charge in [0.2, 0.25) is 0 Å². The summed E-state index contributed by atoms with van der Waals surface area (Å²) in [6, 6.07) is 4.70. The minimum Gasteiger partial charge on any atom is -0.385 e. The zero-order valence-electron chi connectivity index (χ0n) is 12.3. The second-order valence-electron chi connectivity index (χ2n) is 5.99. The fraction of sp³-hybridized carbons (Fsp3) is 0.625. The maximum absolute atomic E-state index is 12.6. The molecule has 0 saturated heterocycles. The first-order valence-electron chi connectivity index (χ1n) is 7.19. The minimum atomic E-state index is -4.36. The average Bonchev–Trinajstić information content (AvgIpc) is 2.45. The van der Waals surface area contributed by atoms with E-state index in [9.17, 15) is 18.3 Å². The first kappa shape index (κ1) is 16.3. The van der Waals surface area contributed by atoms with Crippen LogP contribution in [0.1, 0.15) is 49.8 Å². The van der Waals surface area contributed by atoms with E-state index in [0.29, 0.717) is 17.9 Å². The summed E-state index contributed by atoms with van der Waals surface area (Å²) in [5.74, 6) is 0.433. The van der Waals surface area contributed by atoms with Crippen LogP contribution in [0.25, 0.3) is 0 Å². The Morgan fingerprint density at radius 3 is 2.38 bits per heavy atom. The van der Waals surface area contributed by atoms with Crippen molar-refractivity contribution in [2.45, 2.75) is 50.5 Å². The van der Waals surface area contributed by atoms with E-state index < -0.39 is 23.4 Å². The normalized spacial score (nSPS) is 28.4. The third kappa shape index (κ3) is 3.40. The lowest BCUT2D eigenvalue weighted by molar-refractivity contribution is -0.138. The fourth-order valence-electron chi connectivity index (χ4n) is 3.25. The molecule has 118 valence electrons. The Morgan fingerprint density at radius 1 is 1.29 bits per heavy atom. The molecule has 0 amide bonds. The van der Waals surface area contributed by atoms with E-state index in [2.05, 4.69) is 6.92 Å². The summed E-state index contributed by atoms with van der Waals surface area (Å²) in [6.45, 7) is 2.10. The molecular weight excluding hydrogens is 281 g/mol. The number of methoxy groups -OCH3 is 1. The number of halogens is 3. The second kappa shape index (κ2) is 5.97. The number of hydrogen-bond donors (Lipinski definition) is 1. The largest absolute Gasteiger partial charge is 0.416 e. The number of aliphatic hydroxyl groups excluding tert-OH is 1. The van der Waals surface area contributed by atoms with E-state index in [4.69, 9.17) is 4.74 Å². The molecule has 1 fully saturated rings. The highest BCUT2D eigenvalue weighted by Crippen LogP contribution is 2.43. The van der Waals surface area contributed by atoms with Crippen LogP contribution in [-0.4, -0.2) is 17.8 Å². The molecule has 2 nitrogen and oxygen atoms in total. The Hall–Kier alpha value is -1.07. The van der Waals surface area contributed by atoms with Gasteiger partial charge < -0.3 is 9.84 Å². The van der Waals surface area contributed by atoms with Gasteiger partial charge in [0.1, 0.15) is 6.10 Å². The molecule has 0 heterocycles. The summed E-state index contributed by atoms with van der Waals surface area (Å²) < 4.78 is 43.3. The quantitative estimate of drug-likeness (QED) is 0.900. The van der Waals surface area contributed by atoms with Crippen LogP contribution in [0.3, 0.4) is 0 Å². The van der Waals surface area contributed by atoms with Crippen LogP contribution in [0, 0.1) is 5.92 Å². The molecule has 3 atom stereocenters. The molecule has 1 aliphatic rings. The van der Waals surface area contributed by atoms with Crippen molar-refractivity contribution < 1.29 is 23.0 Å². The van der Waals surface area contributed by atoms with Gasteiger partial charge in [-0.2, -0.15) is 13.2 Å². The summed E-state index contributed by atoms with van der Waals surface area (Å²) in [5.41, 5.74) is -0.932. The highest BCUT2D eigenvalue weighted by molar-refractivity contribution is 5.27. The van der Waals surface area contributed by atoms with Crippen molar-refractivity contribution >= 4 is 0 Å². The van der Waals surface area contributed by atoms with E-state index >= 15 is 0 Å². The fourth-order valence-corrected chi connectivity index (χ4v) is 3.25. The van der Waals surface area contributed by atoms with Gasteiger partial charge in [-0.15, -0.1) is 0 Å². The summed E-state index contributed by atoms with van der Waals surface area (Å²) >= 11 is 0. The van der Waals surface area contributed by atoms with E-state index in [1.54, 1.807) is 7.11 Å². The smallest absolute Gasteiger partial charge is 0.385 e. The molecule has 21 heavy (non-hydrogen) atoms. The first-order chi connectivity index (χ1) is 9.78. The topological polar surface area (TPSA) is 29.5 Å². The Morgan fingerprint density at radius 2 is 1.90 bits per heavy atom. The monoisotopic (exact) mass is 302 g/mol. The molecule has 1 aliphatic carbocycles. The van der Waals surface area contributed by atoms with E-state index in [1.807, 2.05) is 0 Å². The van der Waals surface area contributed by atoms with Crippen LogP contribution in [0.4, 0.5) is 13.2 Å². The molecule has 1 aromatic rings. The van der Waals surface area contributed by atoms with Crippen molar-refractivity contribution in [1.82, 2.24) is 0 Å². The zero-order valence-corrected chi connectivity index (χ0v) is 12.3. The van der Waals surface area contributed by atoms with Gasteiger partial charge in [0.15, 0.2) is 0 Å². The molecule has 1 N–H and O–H groups in total. The number of alkyl halides is 3. The molecule has 0 spiro atoms. The number of ether oxygens (including phenoxy) is 1. The highest BCUT2D eigenvalue weighted by atomic mass is 19.4. The van der Waals surface area contributed by atoms with E-state index in [-0.39, 0.29) is 0 Å². The average molecular weight is 302 g/mol. The maximum atomic E-state index is 12.6. The lowest BCUT2D eigenvalue weighted by Crippen LogP contribution is -2.42. The molecule has 1 saturated carbocycles. The molecular formula is C16H21F3O2. The SMILES string of the molecule is COC1(C(O)c2ccc(C(F)(F)F)cc2)CCCC(C)C1. The lowest BCUT2D eigenvalue weighted by Gasteiger charge is -2.42. The van der Waals surface area contributed by atoms with Gasteiger partial charge in [-0.05, 0) is 36.5 Å². The molecule has 0 bridgehead atoms. The van der Waals surface area contributed by atoms with Gasteiger partial charge in [-0.25, -0.2) is 0 Å². The standard InChI is InChI=1S/C16H21F3O2/c1-11-4-3-9-15(10-11,21-2)14(20)12-5-7-13(8-6-12)16(17,18)19/h5-8,11,14,20H,3-4,9-10H2,1-2H3. The molecule has 0 aromatic heterocycles. The van der Waals surface area contributed by atoms with Crippen molar-refractivity contribution in [3.8, 4) is 0 Å². The number of aliphatic hydroxyl groups is 1. The van der Waals surface area contributed by atoms with E-state index in [0.717, 1.165) is 31.4 Å². The minimum absolute atomic E-state index is 0.433. The Bertz CT molecular complexity index is 469. The van der Waals surface area contributed by atoms with Crippen LogP contribution in [0.15, 0.2) is 24.3 Å². The number of rotatable bonds is 3. The predicted octanol–water partition coefficient (Wildman–Crippen LogP) is 4.33. The van der Waals surface area contributed by atoms with Crippen molar-refractivity contribution in [1.29, 1.82) is 0 Å². The van der Waals surface area contributed by atoms with Gasteiger partial charge >= 0.3 is 6.18 Å². The van der Waals surface area contributed by atoms with Crippen molar-refractivity contribution in [3.05, 3.63) is 35.4 Å². The molecule has 1 aromatic carbocycles. The van der Waals surface area contributed by atoms with Gasteiger partial charge in [0, 0.05) is 7.11 Å². The Balaban J connectivity index is 2.23. The van der Waals surface area contributed by atoms with Crippen LogP contribution >= 0.6 is 0 Å². The molecule has 0 aliphatic heterocycles. The van der Waals surface area contributed by atoms with Crippen molar-refractivity contribution in [3.63, 3.8) is 0 Å². The zero-order chi connectivity index (χ0) is 15.7. The third-order valence-electron chi connectivity index (χ3n) is 4.45. The third-order valence-corrected chi connectivity index (χ3v) is 4.45. The maximum Gasteiger partial charge on any atom is 0.416 e. The van der Waals surface area contributed by atoms with Crippen LogP contribution in [-0.2, 0) is 10.9 Å². The summed E-state index contributed by atoms with van der Waals surface area (Å²) in [4.78, 5) is 0. The first-order valence-corrected chi connectivity index (χ1v) is 7.19. The summed E-state index contributed by atoms with van der Waals surface area (Å²) in [6.07, 6.45) is -1.80. The van der Waals surface area contributed by atoms with Crippen molar-refractivity contribution in [2.24, 2.45) is 5.92 Å². The highest BCUT2D eigenvalue weighted by Gasteiger charge is 2.42. The summed E-state index contributed by atoms with van der Waals surface area (Å²) in [7, 11) is 1.56. The molecule has 2 rings (SSSR count). The number of hydrogen-bond acceptors (Lipinski definition) is 2. The van der Waals surface area contributed by atoms with Crippen LogP contribution in [0.2, 0.25) is 0 Å². The number of benzene rings is 1. The Labute approximate surface area is 122 Å². The van der Waals surface area contributed by atoms with Gasteiger partial charge in [0.25, 0.3) is 0 Å². The van der Waals surface area contributed by atoms with Gasteiger partial charge in [-0.1, -0.05) is 31.9 Å². The van der Waals surface area contributed by atoms with Gasteiger partial charge in [-0.3, -0.25) is 0 Å². The van der Waals surface area contributed by atoms with Crippen molar-refractivity contribution in [2.75, 3.05) is 7.11 Å². The summed E-state index contributed by atoms with van der Waals surface area (Å²) in [5, 5.41) is 10.6. The van der Waals surface area contributed by atoms with Crippen LogP contribution < -0.4 is 0 Å².